The van der Waals surface area contributed by atoms with Crippen molar-refractivity contribution in [3.05, 3.63) is 77.9 Å². The summed E-state index contributed by atoms with van der Waals surface area (Å²) < 4.78 is 5.10. The van der Waals surface area contributed by atoms with Crippen LogP contribution in [-0.4, -0.2) is 19.0 Å². The van der Waals surface area contributed by atoms with E-state index in [2.05, 4.69) is 16.0 Å². The highest BCUT2D eigenvalue weighted by Gasteiger charge is 2.21. The van der Waals surface area contributed by atoms with Gasteiger partial charge >= 0.3 is 6.03 Å². The van der Waals surface area contributed by atoms with E-state index in [1.807, 2.05) is 42.5 Å². The van der Waals surface area contributed by atoms with Crippen molar-refractivity contribution in [1.82, 2.24) is 5.32 Å². The highest BCUT2D eigenvalue weighted by Crippen LogP contribution is 2.30. The number of anilines is 2. The first-order chi connectivity index (χ1) is 13.6. The maximum atomic E-state index is 12.2. The minimum Gasteiger partial charge on any atom is -0.497 e. The van der Waals surface area contributed by atoms with Crippen LogP contribution in [0.3, 0.4) is 0 Å². The number of carbonyl (C=O) groups is 2. The Balaban J connectivity index is 1.45. The van der Waals surface area contributed by atoms with Gasteiger partial charge in [0.1, 0.15) is 5.75 Å². The third-order valence-electron chi connectivity index (χ3n) is 4.65. The number of urea groups is 1. The number of benzene rings is 3. The largest absolute Gasteiger partial charge is 0.497 e. The Morgan fingerprint density at radius 3 is 2.14 bits per heavy atom. The zero-order valence-electron chi connectivity index (χ0n) is 15.3. The average Bonchev–Trinajstić information content (AvgIpc) is 3.10. The molecule has 3 N–H and O–H groups in total. The summed E-state index contributed by atoms with van der Waals surface area (Å²) in [5.74, 6) is 0.691. The second-order valence-corrected chi connectivity index (χ2v) is 6.40. The molecule has 1 heterocycles. The minimum atomic E-state index is -0.326. The molecule has 3 aromatic carbocycles. The van der Waals surface area contributed by atoms with E-state index >= 15 is 0 Å². The van der Waals surface area contributed by atoms with Crippen LogP contribution in [0.2, 0.25) is 0 Å². The molecule has 0 bridgehead atoms. The number of methoxy groups -OCH3 is 1. The molecule has 0 unspecified atom stereocenters. The predicted molar refractivity (Wildman–Crippen MR) is 109 cm³/mol. The quantitative estimate of drug-likeness (QED) is 0.640. The molecule has 0 aliphatic carbocycles. The zero-order chi connectivity index (χ0) is 19.5. The maximum absolute atomic E-state index is 12.2. The van der Waals surface area contributed by atoms with Crippen molar-refractivity contribution >= 4 is 23.3 Å². The van der Waals surface area contributed by atoms with Crippen LogP contribution in [0.15, 0.2) is 66.7 Å². The number of hydrogen-bond donors (Lipinski definition) is 3. The van der Waals surface area contributed by atoms with Crippen molar-refractivity contribution in [3.8, 4) is 16.9 Å². The van der Waals surface area contributed by atoms with Crippen molar-refractivity contribution in [2.45, 2.75) is 6.54 Å². The zero-order valence-corrected chi connectivity index (χ0v) is 15.3. The first-order valence-corrected chi connectivity index (χ1v) is 8.86. The Morgan fingerprint density at radius 1 is 0.893 bits per heavy atom. The fourth-order valence-corrected chi connectivity index (χ4v) is 3.23. The first-order valence-electron chi connectivity index (χ1n) is 8.86. The number of ether oxygens (including phenoxy) is 1. The predicted octanol–water partition coefficient (Wildman–Crippen LogP) is 4.25. The maximum Gasteiger partial charge on any atom is 0.323 e. The molecule has 4 rings (SSSR count). The Kier molecular flexibility index (Phi) is 4.68. The van der Waals surface area contributed by atoms with Gasteiger partial charge in [-0.2, -0.15) is 0 Å². The topological polar surface area (TPSA) is 79.5 Å². The van der Waals surface area contributed by atoms with E-state index in [9.17, 15) is 9.59 Å². The Morgan fingerprint density at radius 2 is 1.50 bits per heavy atom. The first kappa shape index (κ1) is 17.6. The smallest absolute Gasteiger partial charge is 0.323 e. The summed E-state index contributed by atoms with van der Waals surface area (Å²) in [7, 11) is 1.59. The van der Waals surface area contributed by atoms with Gasteiger partial charge in [-0.05, 0) is 59.2 Å². The van der Waals surface area contributed by atoms with E-state index in [0.29, 0.717) is 17.9 Å². The van der Waals surface area contributed by atoms with Crippen LogP contribution < -0.4 is 20.7 Å². The van der Waals surface area contributed by atoms with Gasteiger partial charge in [-0.15, -0.1) is 0 Å². The monoisotopic (exact) mass is 373 g/mol. The highest BCUT2D eigenvalue weighted by atomic mass is 16.5. The van der Waals surface area contributed by atoms with Crippen LogP contribution in [0.4, 0.5) is 16.2 Å². The molecule has 140 valence electrons. The van der Waals surface area contributed by atoms with Crippen LogP contribution >= 0.6 is 0 Å². The fourth-order valence-electron chi connectivity index (χ4n) is 3.23. The van der Waals surface area contributed by atoms with Gasteiger partial charge in [0.25, 0.3) is 5.91 Å². The molecule has 0 saturated carbocycles. The number of fused-ring (bicyclic) bond motifs is 1. The summed E-state index contributed by atoms with van der Waals surface area (Å²) in [6.45, 7) is 0.536. The van der Waals surface area contributed by atoms with Crippen molar-refractivity contribution < 1.29 is 14.3 Å². The molecule has 6 heteroatoms. The molecule has 0 fully saturated rings. The van der Waals surface area contributed by atoms with Gasteiger partial charge in [-0.25, -0.2) is 4.79 Å². The van der Waals surface area contributed by atoms with Gasteiger partial charge < -0.3 is 20.7 Å². The lowest BCUT2D eigenvalue weighted by Crippen LogP contribution is -2.19. The van der Waals surface area contributed by atoms with E-state index in [1.165, 1.54) is 0 Å². The second kappa shape index (κ2) is 7.44. The highest BCUT2D eigenvalue weighted by molar-refractivity contribution is 6.01. The molecule has 0 spiro atoms. The lowest BCUT2D eigenvalue weighted by Gasteiger charge is -2.10. The van der Waals surface area contributed by atoms with E-state index in [-0.39, 0.29) is 11.9 Å². The van der Waals surface area contributed by atoms with E-state index in [0.717, 1.165) is 28.0 Å². The van der Waals surface area contributed by atoms with Crippen LogP contribution in [-0.2, 0) is 6.54 Å². The molecule has 0 aromatic heterocycles. The number of amides is 3. The molecular weight excluding hydrogens is 354 g/mol. The third-order valence-corrected chi connectivity index (χ3v) is 4.65. The molecule has 6 nitrogen and oxygen atoms in total. The van der Waals surface area contributed by atoms with Gasteiger partial charge in [0.05, 0.1) is 7.11 Å². The van der Waals surface area contributed by atoms with Gasteiger partial charge in [-0.3, -0.25) is 4.79 Å². The van der Waals surface area contributed by atoms with Gasteiger partial charge in [0, 0.05) is 23.5 Å². The lowest BCUT2D eigenvalue weighted by atomic mass is 9.97. The van der Waals surface area contributed by atoms with Gasteiger partial charge in [-0.1, -0.05) is 24.3 Å². The van der Waals surface area contributed by atoms with Crippen LogP contribution in [0.25, 0.3) is 11.1 Å². The summed E-state index contributed by atoms with van der Waals surface area (Å²) in [5, 5.41) is 8.44. The molecule has 0 atom stereocenters. The molecule has 28 heavy (non-hydrogen) atoms. The SMILES string of the molecule is COc1ccc(NC(=O)Nc2ccc(-c3cccc4c3CNC4=O)cc2)cc1. The van der Waals surface area contributed by atoms with Crippen molar-refractivity contribution in [2.75, 3.05) is 17.7 Å². The molecule has 1 aliphatic heterocycles. The molecule has 0 radical (unpaired) electrons. The van der Waals surface area contributed by atoms with Crippen LogP contribution in [0.5, 0.6) is 5.75 Å². The average molecular weight is 373 g/mol. The summed E-state index contributed by atoms with van der Waals surface area (Å²) >= 11 is 0. The van der Waals surface area contributed by atoms with Crippen LogP contribution in [0.1, 0.15) is 15.9 Å². The number of hydrogen-bond acceptors (Lipinski definition) is 3. The second-order valence-electron chi connectivity index (χ2n) is 6.40. The van der Waals surface area contributed by atoms with E-state index in [4.69, 9.17) is 4.74 Å². The number of nitrogens with one attached hydrogen (secondary N) is 3. The molecule has 0 saturated heterocycles. The fraction of sp³-hybridized carbons (Fsp3) is 0.0909. The van der Waals surface area contributed by atoms with E-state index < -0.39 is 0 Å². The van der Waals surface area contributed by atoms with E-state index in [1.54, 1.807) is 31.4 Å². The standard InChI is InChI=1S/C22H19N3O3/c1-28-17-11-9-16(10-12-17)25-22(27)24-15-7-5-14(6-8-15)18-3-2-4-19-20(18)13-23-21(19)26/h2-12H,13H2,1H3,(H,23,26)(H2,24,25,27). The molecule has 1 aliphatic rings. The van der Waals surface area contributed by atoms with Crippen molar-refractivity contribution in [2.24, 2.45) is 0 Å². The Bertz CT molecular complexity index is 1030. The molecular formula is C22H19N3O3. The minimum absolute atomic E-state index is 0.0367. The summed E-state index contributed by atoms with van der Waals surface area (Å²) in [5.41, 5.74) is 5.09. The number of rotatable bonds is 4. The summed E-state index contributed by atoms with van der Waals surface area (Å²) in [4.78, 5) is 24.0. The Hall–Kier alpha value is -3.80. The number of carbonyl (C=O) groups excluding carboxylic acids is 2. The normalized spacial score (nSPS) is 12.1. The third kappa shape index (κ3) is 3.53. The lowest BCUT2D eigenvalue weighted by molar-refractivity contribution is 0.0965. The van der Waals surface area contributed by atoms with Gasteiger partial charge in [0.2, 0.25) is 0 Å². The summed E-state index contributed by atoms with van der Waals surface area (Å²) in [6, 6.07) is 20.0. The molecule has 3 aromatic rings. The van der Waals surface area contributed by atoms with Crippen molar-refractivity contribution in [3.63, 3.8) is 0 Å². The molecule has 3 amide bonds. The van der Waals surface area contributed by atoms with Crippen molar-refractivity contribution in [1.29, 1.82) is 0 Å². The van der Waals surface area contributed by atoms with Gasteiger partial charge in [0.15, 0.2) is 0 Å². The Labute approximate surface area is 162 Å². The van der Waals surface area contributed by atoms with Crippen LogP contribution in [0, 0.1) is 0 Å². The summed E-state index contributed by atoms with van der Waals surface area (Å²) in [6.07, 6.45) is 0.